The van der Waals surface area contributed by atoms with Crippen LogP contribution in [-0.4, -0.2) is 34.8 Å². The summed E-state index contributed by atoms with van der Waals surface area (Å²) in [4.78, 5) is 2.38. The van der Waals surface area contributed by atoms with Crippen molar-refractivity contribution in [1.29, 1.82) is 0 Å². The summed E-state index contributed by atoms with van der Waals surface area (Å²) < 4.78 is 19.5. The van der Waals surface area contributed by atoms with Gasteiger partial charge in [0.05, 0.1) is 11.3 Å². The summed E-state index contributed by atoms with van der Waals surface area (Å²) in [6.45, 7) is 2.70. The molecule has 0 bridgehead atoms. The predicted octanol–water partition coefficient (Wildman–Crippen LogP) is 4.65. The minimum Gasteiger partial charge on any atom is -0.385 e. The molecular formula is C21H22BrFN2O2. The Bertz CT molecular complexity index is 918. The van der Waals surface area contributed by atoms with Gasteiger partial charge in [0, 0.05) is 29.0 Å². The first-order chi connectivity index (χ1) is 13.0. The maximum absolute atomic E-state index is 13.2. The van der Waals surface area contributed by atoms with E-state index in [4.69, 9.17) is 4.52 Å². The number of piperidine rings is 1. The van der Waals surface area contributed by atoms with Crippen LogP contribution in [-0.2, 0) is 12.0 Å². The zero-order valence-corrected chi connectivity index (χ0v) is 16.6. The molecule has 4 rings (SSSR count). The van der Waals surface area contributed by atoms with Crippen LogP contribution in [0.25, 0.3) is 11.0 Å². The highest BCUT2D eigenvalue weighted by atomic mass is 79.9. The van der Waals surface area contributed by atoms with Crippen molar-refractivity contribution in [3.05, 3.63) is 64.0 Å². The molecule has 1 aliphatic heterocycles. The zero-order chi connectivity index (χ0) is 18.9. The van der Waals surface area contributed by atoms with E-state index < -0.39 is 5.60 Å². The number of rotatable bonds is 5. The SMILES string of the molecule is OC1(c2ccc(Br)cc2)CCN(CCCc2noc3cc(F)ccc23)CC1. The number of nitrogens with zero attached hydrogens (tertiary/aromatic N) is 2. The number of hydrogen-bond acceptors (Lipinski definition) is 4. The topological polar surface area (TPSA) is 49.5 Å². The van der Waals surface area contributed by atoms with E-state index >= 15 is 0 Å². The standard InChI is InChI=1S/C21H22BrFN2O2/c22-16-5-3-15(4-6-16)21(26)9-12-25(13-10-21)11-1-2-19-18-8-7-17(23)14-20(18)27-24-19/h3-8,14,26H,1-2,9-13H2. The monoisotopic (exact) mass is 432 g/mol. The highest BCUT2D eigenvalue weighted by Gasteiger charge is 2.33. The Labute approximate surface area is 166 Å². The summed E-state index contributed by atoms with van der Waals surface area (Å²) in [5.74, 6) is -0.309. The number of aliphatic hydroxyl groups is 1. The van der Waals surface area contributed by atoms with Gasteiger partial charge in [0.1, 0.15) is 5.82 Å². The van der Waals surface area contributed by atoms with Gasteiger partial charge in [-0.05, 0) is 62.1 Å². The fraction of sp³-hybridized carbons (Fsp3) is 0.381. The minimum absolute atomic E-state index is 0.309. The van der Waals surface area contributed by atoms with Crippen LogP contribution in [0.15, 0.2) is 51.5 Å². The van der Waals surface area contributed by atoms with E-state index in [2.05, 4.69) is 26.0 Å². The number of aromatic nitrogens is 1. The van der Waals surface area contributed by atoms with Crippen molar-refractivity contribution in [2.75, 3.05) is 19.6 Å². The van der Waals surface area contributed by atoms with Gasteiger partial charge in [0.2, 0.25) is 0 Å². The molecule has 6 heteroatoms. The zero-order valence-electron chi connectivity index (χ0n) is 15.0. The van der Waals surface area contributed by atoms with E-state index in [9.17, 15) is 9.50 Å². The maximum atomic E-state index is 13.2. The van der Waals surface area contributed by atoms with Crippen molar-refractivity contribution < 1.29 is 14.0 Å². The van der Waals surface area contributed by atoms with E-state index in [-0.39, 0.29) is 5.82 Å². The third-order valence-corrected chi connectivity index (χ3v) is 5.99. The Hall–Kier alpha value is -1.76. The Morgan fingerprint density at radius 1 is 1.15 bits per heavy atom. The van der Waals surface area contributed by atoms with Crippen LogP contribution >= 0.6 is 15.9 Å². The molecule has 2 aromatic carbocycles. The largest absolute Gasteiger partial charge is 0.385 e. The van der Waals surface area contributed by atoms with Crippen LogP contribution in [0.5, 0.6) is 0 Å². The number of fused-ring (bicyclic) bond motifs is 1. The number of aryl methyl sites for hydroxylation is 1. The summed E-state index contributed by atoms with van der Waals surface area (Å²) >= 11 is 3.44. The molecule has 3 aromatic rings. The number of benzene rings is 2. The average molecular weight is 433 g/mol. The lowest BCUT2D eigenvalue weighted by molar-refractivity contribution is -0.0260. The summed E-state index contributed by atoms with van der Waals surface area (Å²) in [6.07, 6.45) is 3.23. The molecule has 0 amide bonds. The minimum atomic E-state index is -0.733. The molecule has 1 saturated heterocycles. The molecule has 0 radical (unpaired) electrons. The summed E-state index contributed by atoms with van der Waals surface area (Å²) in [7, 11) is 0. The second-order valence-electron chi connectivity index (χ2n) is 7.25. The fourth-order valence-electron chi connectivity index (χ4n) is 3.81. The normalized spacial score (nSPS) is 17.4. The predicted molar refractivity (Wildman–Crippen MR) is 106 cm³/mol. The third kappa shape index (κ3) is 4.08. The van der Waals surface area contributed by atoms with Crippen molar-refractivity contribution in [3.63, 3.8) is 0 Å². The fourth-order valence-corrected chi connectivity index (χ4v) is 4.07. The molecule has 0 saturated carbocycles. The van der Waals surface area contributed by atoms with E-state index in [1.54, 1.807) is 6.07 Å². The summed E-state index contributed by atoms with van der Waals surface area (Å²) in [6, 6.07) is 12.5. The van der Waals surface area contributed by atoms with Gasteiger partial charge in [-0.3, -0.25) is 0 Å². The highest BCUT2D eigenvalue weighted by molar-refractivity contribution is 9.10. The lowest BCUT2D eigenvalue weighted by Crippen LogP contribution is -2.42. The molecule has 27 heavy (non-hydrogen) atoms. The maximum Gasteiger partial charge on any atom is 0.170 e. The van der Waals surface area contributed by atoms with Gasteiger partial charge in [-0.25, -0.2) is 4.39 Å². The van der Waals surface area contributed by atoms with Crippen LogP contribution < -0.4 is 0 Å². The van der Waals surface area contributed by atoms with Crippen molar-refractivity contribution >= 4 is 26.9 Å². The quantitative estimate of drug-likeness (QED) is 0.637. The summed E-state index contributed by atoms with van der Waals surface area (Å²) in [5.41, 5.74) is 1.64. The van der Waals surface area contributed by atoms with E-state index in [1.807, 2.05) is 24.3 Å². The van der Waals surface area contributed by atoms with E-state index in [0.29, 0.717) is 5.58 Å². The molecule has 1 aromatic heterocycles. The first-order valence-electron chi connectivity index (χ1n) is 9.28. The Balaban J connectivity index is 1.30. The molecule has 0 aliphatic carbocycles. The molecule has 2 heterocycles. The first-order valence-corrected chi connectivity index (χ1v) is 10.1. The van der Waals surface area contributed by atoms with Crippen molar-refractivity contribution in [3.8, 4) is 0 Å². The molecule has 0 spiro atoms. The summed E-state index contributed by atoms with van der Waals surface area (Å²) in [5, 5.41) is 15.9. The van der Waals surface area contributed by atoms with Crippen molar-refractivity contribution in [1.82, 2.24) is 10.1 Å². The molecule has 0 unspecified atom stereocenters. The average Bonchev–Trinajstić information content (AvgIpc) is 3.06. The second kappa shape index (κ2) is 7.70. The molecule has 4 nitrogen and oxygen atoms in total. The van der Waals surface area contributed by atoms with E-state index in [0.717, 1.165) is 66.4 Å². The Morgan fingerprint density at radius 3 is 2.63 bits per heavy atom. The number of hydrogen-bond donors (Lipinski definition) is 1. The molecule has 0 atom stereocenters. The number of halogens is 2. The van der Waals surface area contributed by atoms with Gasteiger partial charge in [0.25, 0.3) is 0 Å². The van der Waals surface area contributed by atoms with Crippen LogP contribution in [0.4, 0.5) is 4.39 Å². The van der Waals surface area contributed by atoms with Crippen LogP contribution in [0.1, 0.15) is 30.5 Å². The van der Waals surface area contributed by atoms with Gasteiger partial charge in [-0.1, -0.05) is 33.2 Å². The van der Waals surface area contributed by atoms with Crippen LogP contribution in [0.2, 0.25) is 0 Å². The first kappa shape index (κ1) is 18.6. The lowest BCUT2D eigenvalue weighted by atomic mass is 9.84. The van der Waals surface area contributed by atoms with E-state index in [1.165, 1.54) is 12.1 Å². The van der Waals surface area contributed by atoms with Crippen molar-refractivity contribution in [2.24, 2.45) is 0 Å². The van der Waals surface area contributed by atoms with Gasteiger partial charge in [-0.2, -0.15) is 0 Å². The molecule has 1 N–H and O–H groups in total. The van der Waals surface area contributed by atoms with Gasteiger partial charge in [0.15, 0.2) is 5.58 Å². The third-order valence-electron chi connectivity index (χ3n) is 5.46. The molecule has 1 aliphatic rings. The molecule has 1 fully saturated rings. The van der Waals surface area contributed by atoms with Crippen LogP contribution in [0, 0.1) is 5.82 Å². The lowest BCUT2D eigenvalue weighted by Gasteiger charge is -2.38. The van der Waals surface area contributed by atoms with Gasteiger partial charge < -0.3 is 14.5 Å². The molecular weight excluding hydrogens is 411 g/mol. The smallest absolute Gasteiger partial charge is 0.170 e. The van der Waals surface area contributed by atoms with Crippen LogP contribution in [0.3, 0.4) is 0 Å². The molecule has 142 valence electrons. The second-order valence-corrected chi connectivity index (χ2v) is 8.17. The Kier molecular flexibility index (Phi) is 5.30. The van der Waals surface area contributed by atoms with Gasteiger partial charge in [-0.15, -0.1) is 0 Å². The Morgan fingerprint density at radius 2 is 1.89 bits per heavy atom. The highest BCUT2D eigenvalue weighted by Crippen LogP contribution is 2.33. The number of likely N-dealkylation sites (tertiary alicyclic amines) is 1. The van der Waals surface area contributed by atoms with Crippen molar-refractivity contribution in [2.45, 2.75) is 31.3 Å². The van der Waals surface area contributed by atoms with Gasteiger partial charge >= 0.3 is 0 Å².